The fraction of sp³-hybridized carbons (Fsp3) is 0.353. The third-order valence-electron chi connectivity index (χ3n) is 20.5. The first-order valence-electron chi connectivity index (χ1n) is 34.2. The van der Waals surface area contributed by atoms with E-state index in [9.17, 15) is 19.8 Å². The van der Waals surface area contributed by atoms with Gasteiger partial charge in [-0.15, -0.1) is 0 Å². The average Bonchev–Trinajstić information content (AvgIpc) is 1.59. The van der Waals surface area contributed by atoms with Crippen LogP contribution >= 0.6 is 0 Å². The molecule has 6 heterocycles. The minimum Gasteiger partial charge on any atom is -0.481 e. The molecule has 2 fully saturated rings. The van der Waals surface area contributed by atoms with E-state index < -0.39 is 17.9 Å². The summed E-state index contributed by atoms with van der Waals surface area (Å²) in [6.45, 7) is 33.0. The second-order valence-electron chi connectivity index (χ2n) is 31.8. The number of pyridine rings is 2. The molecule has 14 rings (SSSR count). The SMILES string of the molecule is CC1C=NC(c2cc(C(=O)O)cc[n+]2C2CC2)=CC1C(=O)O.CC1Cc2c(c3cc(C(C)(C)C)ccc3n2-c2ccc(/C=C/c3ccnc(C4=CC(C5CC5c5ccc(-n6c7ccc(C(C)(C)C)cc7c7cc(C(C)(C)C)ccc76)cc5)=CCN4C)c3)cc2)C=C1C(C)(C)C.[Ru]. The van der Waals surface area contributed by atoms with Crippen LogP contribution < -0.4 is 4.57 Å². The predicted molar refractivity (Wildman–Crippen MR) is 392 cm³/mol. The predicted octanol–water partition coefficient (Wildman–Crippen LogP) is 19.6. The number of hydrogen-bond acceptors (Lipinski definition) is 5. The van der Waals surface area contributed by atoms with E-state index in [2.05, 4.69) is 262 Å². The molecule has 5 aliphatic rings. The van der Waals surface area contributed by atoms with Gasteiger partial charge in [0.1, 0.15) is 5.70 Å². The van der Waals surface area contributed by atoms with Gasteiger partial charge in [0.2, 0.25) is 5.69 Å². The van der Waals surface area contributed by atoms with Gasteiger partial charge in [-0.2, -0.15) is 4.57 Å². The Hall–Kier alpha value is -8.53. The van der Waals surface area contributed by atoms with E-state index in [4.69, 9.17) is 4.98 Å². The van der Waals surface area contributed by atoms with Crippen molar-refractivity contribution in [2.24, 2.45) is 34.1 Å². The first-order chi connectivity index (χ1) is 45.0. The van der Waals surface area contributed by atoms with Gasteiger partial charge in [0.15, 0.2) is 12.2 Å². The maximum absolute atomic E-state index is 11.3. The van der Waals surface area contributed by atoms with Crippen LogP contribution in [0.5, 0.6) is 0 Å². The summed E-state index contributed by atoms with van der Waals surface area (Å²) in [6.07, 6.45) is 23.1. The van der Waals surface area contributed by atoms with E-state index in [1.165, 1.54) is 101 Å². The first-order valence-corrected chi connectivity index (χ1v) is 34.2. The van der Waals surface area contributed by atoms with Gasteiger partial charge in [0, 0.05) is 115 Å². The van der Waals surface area contributed by atoms with E-state index in [0.717, 1.165) is 37.1 Å². The number of aromatic nitrogens is 4. The summed E-state index contributed by atoms with van der Waals surface area (Å²) in [7, 11) is 2.19. The zero-order valence-corrected chi connectivity index (χ0v) is 60.3. The standard InChI is InChI=1S/C69H76N4.C16H16N2O4.Ru/c1-43-35-64-58(42-59(43)69(11,12)13)57-40-50(68(8,9)10)23-30-63(57)73(64)51-24-17-44(18-25-51)15-16-45-31-33-70-60(36-45)65-37-47(32-34-71(65)14)54-41-53(54)46-19-26-52(27-20-46)72-61-28-21-48(66(2,3)4)38-55(61)56-39-49(67(5,6)7)22-29-62(56)72;1-9-8-17-13(7-12(9)16(21)22)14-6-10(15(19)20)4-5-18(14)11-2-3-11;/h15-33,36-40,42-43,53-54H,34-35,41H2,1-14H3;4-9,11-12H,2-3H2,1H3,(H-,19,20,21,22);/p+1/b16-15+;;. The quantitative estimate of drug-likeness (QED) is 0.0984. The number of fused-ring (bicyclic) bond motifs is 6. The Bertz CT molecular complexity index is 4680. The minimum absolute atomic E-state index is 0. The Morgan fingerprint density at radius 1 is 0.625 bits per heavy atom. The number of carboxylic acid groups (broad SMARTS) is 2. The summed E-state index contributed by atoms with van der Waals surface area (Å²) < 4.78 is 6.99. The maximum atomic E-state index is 11.3. The van der Waals surface area contributed by atoms with Crippen LogP contribution in [-0.4, -0.2) is 61.0 Å². The van der Waals surface area contributed by atoms with Gasteiger partial charge < -0.3 is 24.2 Å². The molecule has 494 valence electrons. The second-order valence-corrected chi connectivity index (χ2v) is 31.8. The summed E-state index contributed by atoms with van der Waals surface area (Å²) >= 11 is 0. The topological polar surface area (TPSA) is 117 Å². The van der Waals surface area contributed by atoms with Crippen LogP contribution in [0.3, 0.4) is 0 Å². The van der Waals surface area contributed by atoms with Crippen LogP contribution in [0.4, 0.5) is 0 Å². The molecule has 0 spiro atoms. The number of nitrogens with zero attached hydrogens (tertiary/aromatic N) is 6. The normalized spacial score (nSPS) is 19.7. The molecule has 0 saturated heterocycles. The number of benzene rings is 5. The van der Waals surface area contributed by atoms with Crippen molar-refractivity contribution in [3.63, 3.8) is 0 Å². The van der Waals surface area contributed by atoms with Crippen LogP contribution in [-0.2, 0) is 46.9 Å². The Morgan fingerprint density at radius 3 is 1.77 bits per heavy atom. The molecule has 2 saturated carbocycles. The third-order valence-corrected chi connectivity index (χ3v) is 20.5. The van der Waals surface area contributed by atoms with Crippen molar-refractivity contribution in [2.75, 3.05) is 13.6 Å². The summed E-state index contributed by atoms with van der Waals surface area (Å²) in [5, 5.41) is 22.5. The van der Waals surface area contributed by atoms with E-state index >= 15 is 0 Å². The monoisotopic (exact) mass is 1360 g/mol. The number of aliphatic imine (C=N–C) groups is 1. The molecule has 96 heavy (non-hydrogen) atoms. The van der Waals surface area contributed by atoms with Gasteiger partial charge in [-0.25, -0.2) is 4.79 Å². The van der Waals surface area contributed by atoms with Crippen molar-refractivity contribution in [1.29, 1.82) is 0 Å². The summed E-state index contributed by atoms with van der Waals surface area (Å²) in [6, 6.07) is 47.8. The molecule has 9 aromatic rings. The largest absolute Gasteiger partial charge is 0.481 e. The fourth-order valence-electron chi connectivity index (χ4n) is 14.6. The van der Waals surface area contributed by atoms with Crippen LogP contribution in [0.1, 0.15) is 195 Å². The average molecular weight is 1360 g/mol. The molecule has 2 N–H and O–H groups in total. The van der Waals surface area contributed by atoms with Crippen LogP contribution in [0.15, 0.2) is 174 Å². The van der Waals surface area contributed by atoms with Gasteiger partial charge in [-0.3, -0.25) is 14.8 Å². The van der Waals surface area contributed by atoms with Gasteiger partial charge in [-0.1, -0.05) is 169 Å². The van der Waals surface area contributed by atoms with Crippen molar-refractivity contribution in [2.45, 2.75) is 151 Å². The number of hydrogen-bond donors (Lipinski definition) is 2. The van der Waals surface area contributed by atoms with Crippen molar-refractivity contribution >= 4 is 80.5 Å². The van der Waals surface area contributed by atoms with E-state index in [-0.39, 0.29) is 52.6 Å². The summed E-state index contributed by atoms with van der Waals surface area (Å²) in [4.78, 5) is 34.1. The number of aliphatic carboxylic acids is 1. The van der Waals surface area contributed by atoms with Crippen molar-refractivity contribution in [3.8, 4) is 11.4 Å². The molecule has 5 aromatic carbocycles. The van der Waals surface area contributed by atoms with E-state index in [0.29, 0.717) is 35.2 Å². The van der Waals surface area contributed by atoms with E-state index in [1.807, 2.05) is 10.8 Å². The van der Waals surface area contributed by atoms with Crippen LogP contribution in [0.25, 0.3) is 73.7 Å². The smallest absolute Gasteiger partial charge is 0.336 e. The van der Waals surface area contributed by atoms with Gasteiger partial charge in [0.25, 0.3) is 0 Å². The number of likely N-dealkylation sites (N-methyl/N-ethyl adjacent to an activating group) is 1. The molecular weight excluding hydrogens is 1270 g/mol. The Kier molecular flexibility index (Phi) is 17.9. The molecule has 11 heteroatoms. The summed E-state index contributed by atoms with van der Waals surface area (Å²) in [5.74, 6) is -1.22. The summed E-state index contributed by atoms with van der Waals surface area (Å²) in [5.41, 5.74) is 23.8. The molecule has 10 nitrogen and oxygen atoms in total. The molecule has 5 atom stereocenters. The number of rotatable bonds is 11. The molecule has 5 unspecified atom stereocenters. The molecule has 0 radical (unpaired) electrons. The van der Waals surface area contributed by atoms with E-state index in [1.54, 1.807) is 43.1 Å². The Labute approximate surface area is 580 Å². The fourth-order valence-corrected chi connectivity index (χ4v) is 14.6. The zero-order valence-electron chi connectivity index (χ0n) is 58.6. The number of allylic oxidation sites excluding steroid dienone is 3. The first kappa shape index (κ1) is 67.5. The second kappa shape index (κ2) is 25.5. The molecule has 0 bridgehead atoms. The van der Waals surface area contributed by atoms with Crippen molar-refractivity contribution in [3.05, 3.63) is 231 Å². The minimum atomic E-state index is -1.01. The van der Waals surface area contributed by atoms with Crippen LogP contribution in [0.2, 0.25) is 0 Å². The number of carboxylic acids is 2. The maximum Gasteiger partial charge on any atom is 0.336 e. The Morgan fingerprint density at radius 2 is 1.20 bits per heavy atom. The number of aromatic carboxylic acids is 1. The Balaban J connectivity index is 0.000000324. The number of carbonyl (C=O) groups is 2. The molecule has 2 aliphatic heterocycles. The molecule has 3 aliphatic carbocycles. The molecule has 0 amide bonds. The van der Waals surface area contributed by atoms with Gasteiger partial charge in [-0.05, 0) is 176 Å². The van der Waals surface area contributed by atoms with Gasteiger partial charge >= 0.3 is 11.9 Å². The third kappa shape index (κ3) is 13.4. The molecular formula is C85H93N6O4Ru+. The molecule has 4 aromatic heterocycles. The van der Waals surface area contributed by atoms with Crippen LogP contribution in [0, 0.1) is 29.1 Å². The zero-order chi connectivity index (χ0) is 67.4. The van der Waals surface area contributed by atoms with Crippen molar-refractivity contribution < 1.29 is 43.8 Å². The van der Waals surface area contributed by atoms with Gasteiger partial charge in [0.05, 0.1) is 39.4 Å². The van der Waals surface area contributed by atoms with Crippen molar-refractivity contribution in [1.82, 2.24) is 19.0 Å².